The summed E-state index contributed by atoms with van der Waals surface area (Å²) >= 11 is 0. The fourth-order valence-corrected chi connectivity index (χ4v) is 3.15. The summed E-state index contributed by atoms with van der Waals surface area (Å²) in [6.07, 6.45) is -0.555. The number of amides is 2. The summed E-state index contributed by atoms with van der Waals surface area (Å²) < 4.78 is 5.21. The summed E-state index contributed by atoms with van der Waals surface area (Å²) in [5.74, 6) is 0.0826. The molecule has 3 aromatic rings. The number of para-hydroxylation sites is 1. The third-order valence-electron chi connectivity index (χ3n) is 4.62. The number of ether oxygens (including phenoxy) is 1. The number of nitrogens with one attached hydrogen (secondary N) is 2. The highest BCUT2D eigenvalue weighted by Crippen LogP contribution is 2.32. The summed E-state index contributed by atoms with van der Waals surface area (Å²) in [6.45, 7) is 0. The largest absolute Gasteiger partial charge is 0.497 e. The Morgan fingerprint density at radius 1 is 0.964 bits per heavy atom. The standard InChI is InChI=1S/C22H19N3O3/c1-28-17-13-11-15(12-14-17)20-23-19-10-6-5-9-18(19)22(27)25(20)24-21(26)16-7-3-2-4-8-16/h2-14,20,23H,1H3,(H,24,26). The lowest BCUT2D eigenvalue weighted by Crippen LogP contribution is -2.52. The van der Waals surface area contributed by atoms with Gasteiger partial charge in [-0.05, 0) is 42.0 Å². The Morgan fingerprint density at radius 2 is 1.64 bits per heavy atom. The van der Waals surface area contributed by atoms with Crippen molar-refractivity contribution in [1.82, 2.24) is 10.4 Å². The number of fused-ring (bicyclic) bond motifs is 1. The van der Waals surface area contributed by atoms with E-state index in [-0.39, 0.29) is 11.8 Å². The Bertz CT molecular complexity index is 1000. The van der Waals surface area contributed by atoms with Crippen LogP contribution in [-0.2, 0) is 0 Å². The minimum absolute atomic E-state index is 0.278. The molecule has 1 heterocycles. The quantitative estimate of drug-likeness (QED) is 0.733. The first kappa shape index (κ1) is 17.6. The van der Waals surface area contributed by atoms with Gasteiger partial charge in [-0.25, -0.2) is 5.01 Å². The van der Waals surface area contributed by atoms with Crippen molar-refractivity contribution in [2.24, 2.45) is 0 Å². The topological polar surface area (TPSA) is 70.7 Å². The molecule has 1 aliphatic heterocycles. The van der Waals surface area contributed by atoms with Gasteiger partial charge in [0.25, 0.3) is 11.8 Å². The zero-order valence-corrected chi connectivity index (χ0v) is 15.3. The number of hydrogen-bond acceptors (Lipinski definition) is 4. The fraction of sp³-hybridized carbons (Fsp3) is 0.0909. The van der Waals surface area contributed by atoms with Gasteiger partial charge in [0.1, 0.15) is 11.9 Å². The van der Waals surface area contributed by atoms with E-state index in [1.807, 2.05) is 42.5 Å². The van der Waals surface area contributed by atoms with Crippen LogP contribution < -0.4 is 15.5 Å². The van der Waals surface area contributed by atoms with E-state index in [0.717, 1.165) is 11.3 Å². The van der Waals surface area contributed by atoms with Crippen LogP contribution in [-0.4, -0.2) is 23.9 Å². The molecule has 0 bridgehead atoms. The summed E-state index contributed by atoms with van der Waals surface area (Å²) in [4.78, 5) is 25.8. The smallest absolute Gasteiger partial charge is 0.276 e. The van der Waals surface area contributed by atoms with Crippen LogP contribution in [0.1, 0.15) is 32.4 Å². The van der Waals surface area contributed by atoms with Gasteiger partial charge < -0.3 is 10.1 Å². The van der Waals surface area contributed by atoms with Crippen LogP contribution in [0.2, 0.25) is 0 Å². The second-order valence-electron chi connectivity index (χ2n) is 6.35. The van der Waals surface area contributed by atoms with Gasteiger partial charge >= 0.3 is 0 Å². The molecule has 2 amide bonds. The van der Waals surface area contributed by atoms with E-state index in [1.165, 1.54) is 5.01 Å². The minimum atomic E-state index is -0.555. The van der Waals surface area contributed by atoms with E-state index in [2.05, 4.69) is 10.7 Å². The van der Waals surface area contributed by atoms with Crippen LogP contribution >= 0.6 is 0 Å². The van der Waals surface area contributed by atoms with Crippen LogP contribution in [0, 0.1) is 0 Å². The molecule has 1 aliphatic rings. The van der Waals surface area contributed by atoms with Gasteiger partial charge in [0.2, 0.25) is 0 Å². The molecule has 6 nitrogen and oxygen atoms in total. The van der Waals surface area contributed by atoms with Crippen LogP contribution in [0.25, 0.3) is 0 Å². The molecule has 28 heavy (non-hydrogen) atoms. The predicted octanol–water partition coefficient (Wildman–Crippen LogP) is 3.61. The normalized spacial score (nSPS) is 15.4. The predicted molar refractivity (Wildman–Crippen MR) is 106 cm³/mol. The van der Waals surface area contributed by atoms with Crippen molar-refractivity contribution in [3.8, 4) is 5.75 Å². The Hall–Kier alpha value is -3.80. The summed E-state index contributed by atoms with van der Waals surface area (Å²) in [5.41, 5.74) is 5.27. The second-order valence-corrected chi connectivity index (χ2v) is 6.35. The molecule has 0 saturated heterocycles. The second kappa shape index (κ2) is 7.44. The SMILES string of the molecule is COc1ccc(C2Nc3ccccc3C(=O)N2NC(=O)c2ccccc2)cc1. The van der Waals surface area contributed by atoms with Crippen LogP contribution in [0.5, 0.6) is 5.75 Å². The third-order valence-corrected chi connectivity index (χ3v) is 4.62. The van der Waals surface area contributed by atoms with Crippen LogP contribution in [0.4, 0.5) is 5.69 Å². The van der Waals surface area contributed by atoms with Gasteiger partial charge in [-0.3, -0.25) is 15.0 Å². The zero-order chi connectivity index (χ0) is 19.5. The first-order valence-corrected chi connectivity index (χ1v) is 8.86. The molecular formula is C22H19N3O3. The summed E-state index contributed by atoms with van der Waals surface area (Å²) in [5, 5.41) is 4.67. The third kappa shape index (κ3) is 3.27. The molecule has 0 radical (unpaired) electrons. The van der Waals surface area contributed by atoms with Gasteiger partial charge in [0.15, 0.2) is 0 Å². The molecule has 6 heteroatoms. The average molecular weight is 373 g/mol. The van der Waals surface area contributed by atoms with Crippen molar-refractivity contribution in [3.05, 3.63) is 95.6 Å². The molecule has 1 unspecified atom stereocenters. The molecule has 0 fully saturated rings. The van der Waals surface area contributed by atoms with Gasteiger partial charge in [-0.1, -0.05) is 42.5 Å². The first-order valence-electron chi connectivity index (χ1n) is 8.86. The van der Waals surface area contributed by atoms with Gasteiger partial charge in [0, 0.05) is 11.3 Å². The molecule has 3 aromatic carbocycles. The van der Waals surface area contributed by atoms with Gasteiger partial charge in [-0.15, -0.1) is 0 Å². The lowest BCUT2D eigenvalue weighted by molar-refractivity contribution is 0.0491. The summed E-state index contributed by atoms with van der Waals surface area (Å²) in [6, 6.07) is 23.4. The zero-order valence-electron chi connectivity index (χ0n) is 15.3. The highest BCUT2D eigenvalue weighted by Gasteiger charge is 2.34. The van der Waals surface area contributed by atoms with Crippen molar-refractivity contribution in [2.75, 3.05) is 12.4 Å². The molecule has 0 aliphatic carbocycles. The first-order chi connectivity index (χ1) is 13.7. The maximum absolute atomic E-state index is 13.1. The number of benzene rings is 3. The number of anilines is 1. The van der Waals surface area contributed by atoms with Crippen molar-refractivity contribution in [2.45, 2.75) is 6.17 Å². The van der Waals surface area contributed by atoms with E-state index >= 15 is 0 Å². The number of carbonyl (C=O) groups excluding carboxylic acids is 2. The van der Waals surface area contributed by atoms with E-state index in [1.54, 1.807) is 43.5 Å². The molecule has 0 spiro atoms. The number of nitrogens with zero attached hydrogens (tertiary/aromatic N) is 1. The number of hydrazine groups is 1. The van der Waals surface area contributed by atoms with Gasteiger partial charge in [0.05, 0.1) is 12.7 Å². The van der Waals surface area contributed by atoms with E-state index in [0.29, 0.717) is 16.9 Å². The highest BCUT2D eigenvalue weighted by atomic mass is 16.5. The molecule has 0 saturated carbocycles. The van der Waals surface area contributed by atoms with E-state index < -0.39 is 6.17 Å². The van der Waals surface area contributed by atoms with Crippen molar-refractivity contribution < 1.29 is 14.3 Å². The molecular weight excluding hydrogens is 354 g/mol. The van der Waals surface area contributed by atoms with Crippen LogP contribution in [0.3, 0.4) is 0 Å². The Kier molecular flexibility index (Phi) is 4.68. The Balaban J connectivity index is 1.70. The molecule has 1 atom stereocenters. The number of methoxy groups -OCH3 is 1. The summed E-state index contributed by atoms with van der Waals surface area (Å²) in [7, 11) is 1.60. The van der Waals surface area contributed by atoms with Crippen molar-refractivity contribution in [1.29, 1.82) is 0 Å². The Morgan fingerprint density at radius 3 is 2.36 bits per heavy atom. The van der Waals surface area contributed by atoms with E-state index in [9.17, 15) is 9.59 Å². The maximum Gasteiger partial charge on any atom is 0.276 e. The molecule has 2 N–H and O–H groups in total. The maximum atomic E-state index is 13.1. The van der Waals surface area contributed by atoms with Crippen molar-refractivity contribution in [3.63, 3.8) is 0 Å². The average Bonchev–Trinajstić information content (AvgIpc) is 2.76. The number of carbonyl (C=O) groups is 2. The highest BCUT2D eigenvalue weighted by molar-refractivity contribution is 6.03. The Labute approximate surface area is 162 Å². The lowest BCUT2D eigenvalue weighted by Gasteiger charge is -2.37. The number of hydrogen-bond donors (Lipinski definition) is 2. The fourth-order valence-electron chi connectivity index (χ4n) is 3.15. The van der Waals surface area contributed by atoms with Crippen LogP contribution in [0.15, 0.2) is 78.9 Å². The number of rotatable bonds is 4. The van der Waals surface area contributed by atoms with Crippen molar-refractivity contribution >= 4 is 17.5 Å². The molecule has 4 rings (SSSR count). The lowest BCUT2D eigenvalue weighted by atomic mass is 10.0. The monoisotopic (exact) mass is 373 g/mol. The minimum Gasteiger partial charge on any atom is -0.497 e. The van der Waals surface area contributed by atoms with E-state index in [4.69, 9.17) is 4.74 Å². The van der Waals surface area contributed by atoms with Gasteiger partial charge in [-0.2, -0.15) is 0 Å². The molecule has 0 aromatic heterocycles. The molecule has 140 valence electrons.